The molecule has 0 saturated heterocycles. The van der Waals surface area contributed by atoms with Crippen molar-refractivity contribution in [3.05, 3.63) is 29.8 Å². The van der Waals surface area contributed by atoms with Crippen LogP contribution >= 0.6 is 0 Å². The van der Waals surface area contributed by atoms with E-state index in [1.807, 2.05) is 19.2 Å². The summed E-state index contributed by atoms with van der Waals surface area (Å²) < 4.78 is 5.16. The number of nitrogens with one attached hydrogen (secondary N) is 1. The van der Waals surface area contributed by atoms with Gasteiger partial charge in [-0.25, -0.2) is 0 Å². The summed E-state index contributed by atoms with van der Waals surface area (Å²) in [5.74, 6) is 0.917. The monoisotopic (exact) mass is 194 g/mol. The van der Waals surface area contributed by atoms with Crippen LogP contribution in [0, 0.1) is 0 Å². The minimum Gasteiger partial charge on any atom is -0.497 e. The predicted octanol–water partition coefficient (Wildman–Crippen LogP) is 1.30. The normalized spacial score (nSPS) is 10.6. The van der Waals surface area contributed by atoms with Crippen molar-refractivity contribution in [3.63, 3.8) is 0 Å². The summed E-state index contributed by atoms with van der Waals surface area (Å²) in [5, 5.41) is 3.11. The van der Waals surface area contributed by atoms with E-state index in [2.05, 4.69) is 29.4 Å². The maximum absolute atomic E-state index is 5.16. The number of rotatable bonds is 5. The van der Waals surface area contributed by atoms with E-state index in [1.54, 1.807) is 7.11 Å². The van der Waals surface area contributed by atoms with Gasteiger partial charge in [-0.05, 0) is 31.8 Å². The van der Waals surface area contributed by atoms with E-state index in [4.69, 9.17) is 4.74 Å². The van der Waals surface area contributed by atoms with E-state index in [9.17, 15) is 0 Å². The van der Waals surface area contributed by atoms with Crippen molar-refractivity contribution < 1.29 is 4.74 Å². The van der Waals surface area contributed by atoms with Crippen LogP contribution in [0.5, 0.6) is 5.75 Å². The van der Waals surface area contributed by atoms with Crippen molar-refractivity contribution in [2.75, 3.05) is 27.9 Å². The fourth-order valence-corrected chi connectivity index (χ4v) is 1.41. The second-order valence-electron chi connectivity index (χ2n) is 3.38. The van der Waals surface area contributed by atoms with Crippen LogP contribution in [-0.2, 0) is 6.54 Å². The summed E-state index contributed by atoms with van der Waals surface area (Å²) in [6.07, 6.45) is 0. The van der Waals surface area contributed by atoms with Gasteiger partial charge in [0, 0.05) is 13.2 Å². The van der Waals surface area contributed by atoms with E-state index < -0.39 is 0 Å². The van der Waals surface area contributed by atoms with E-state index in [0.717, 1.165) is 19.0 Å². The van der Waals surface area contributed by atoms with Crippen molar-refractivity contribution in [2.45, 2.75) is 6.54 Å². The highest BCUT2D eigenvalue weighted by Gasteiger charge is 1.99. The van der Waals surface area contributed by atoms with Crippen molar-refractivity contribution in [3.8, 4) is 5.75 Å². The smallest absolute Gasteiger partial charge is 0.119 e. The topological polar surface area (TPSA) is 24.5 Å². The summed E-state index contributed by atoms with van der Waals surface area (Å²) in [6.45, 7) is 1.81. The Morgan fingerprint density at radius 3 is 2.86 bits per heavy atom. The highest BCUT2D eigenvalue weighted by Crippen LogP contribution is 2.13. The van der Waals surface area contributed by atoms with Crippen LogP contribution in [0.1, 0.15) is 5.56 Å². The van der Waals surface area contributed by atoms with Gasteiger partial charge in [0.05, 0.1) is 7.11 Å². The largest absolute Gasteiger partial charge is 0.497 e. The Labute approximate surface area is 85.7 Å². The number of nitrogens with zero attached hydrogens (tertiary/aromatic N) is 1. The Morgan fingerprint density at radius 1 is 1.43 bits per heavy atom. The summed E-state index contributed by atoms with van der Waals surface area (Å²) in [6, 6.07) is 8.14. The van der Waals surface area contributed by atoms with Gasteiger partial charge >= 0.3 is 0 Å². The minimum absolute atomic E-state index is 0.886. The molecule has 3 heteroatoms. The number of methoxy groups -OCH3 is 1. The molecule has 0 aromatic heterocycles. The molecule has 0 spiro atoms. The van der Waals surface area contributed by atoms with Gasteiger partial charge in [0.2, 0.25) is 0 Å². The van der Waals surface area contributed by atoms with Gasteiger partial charge in [-0.15, -0.1) is 0 Å². The zero-order chi connectivity index (χ0) is 10.4. The number of hydrogen-bond donors (Lipinski definition) is 1. The SMILES string of the molecule is CNCN(C)Cc1cccc(OC)c1. The molecule has 1 aromatic rings. The standard InChI is InChI=1S/C11H18N2O/c1-12-9-13(2)8-10-5-4-6-11(7-10)14-3/h4-7,12H,8-9H2,1-3H3. The van der Waals surface area contributed by atoms with Crippen molar-refractivity contribution in [1.82, 2.24) is 10.2 Å². The molecule has 0 unspecified atom stereocenters. The second-order valence-corrected chi connectivity index (χ2v) is 3.38. The van der Waals surface area contributed by atoms with Crippen molar-refractivity contribution in [2.24, 2.45) is 0 Å². The molecule has 0 atom stereocenters. The maximum atomic E-state index is 5.16. The molecule has 0 radical (unpaired) electrons. The van der Waals surface area contributed by atoms with Gasteiger partial charge in [0.15, 0.2) is 0 Å². The van der Waals surface area contributed by atoms with Gasteiger partial charge in [-0.3, -0.25) is 4.90 Å². The van der Waals surface area contributed by atoms with Gasteiger partial charge in [0.1, 0.15) is 5.75 Å². The molecule has 0 heterocycles. The van der Waals surface area contributed by atoms with Gasteiger partial charge in [-0.1, -0.05) is 12.1 Å². The van der Waals surface area contributed by atoms with Crippen LogP contribution < -0.4 is 10.1 Å². The fourth-order valence-electron chi connectivity index (χ4n) is 1.41. The van der Waals surface area contributed by atoms with Crippen LogP contribution in [0.3, 0.4) is 0 Å². The number of benzene rings is 1. The van der Waals surface area contributed by atoms with E-state index in [1.165, 1.54) is 5.56 Å². The van der Waals surface area contributed by atoms with E-state index in [-0.39, 0.29) is 0 Å². The molecule has 1 N–H and O–H groups in total. The molecule has 0 amide bonds. The summed E-state index contributed by atoms with van der Waals surface area (Å²) in [4.78, 5) is 2.20. The quantitative estimate of drug-likeness (QED) is 0.715. The third-order valence-corrected chi connectivity index (χ3v) is 2.01. The second kappa shape index (κ2) is 5.62. The maximum Gasteiger partial charge on any atom is 0.119 e. The molecular formula is C11H18N2O. The van der Waals surface area contributed by atoms with Crippen LogP contribution in [-0.4, -0.2) is 32.8 Å². The lowest BCUT2D eigenvalue weighted by molar-refractivity contribution is 0.309. The molecule has 1 rings (SSSR count). The van der Waals surface area contributed by atoms with Gasteiger partial charge < -0.3 is 10.1 Å². The molecule has 0 saturated carbocycles. The Bertz CT molecular complexity index is 276. The third kappa shape index (κ3) is 3.36. The Kier molecular flexibility index (Phi) is 4.43. The first-order chi connectivity index (χ1) is 6.76. The van der Waals surface area contributed by atoms with Crippen LogP contribution in [0.4, 0.5) is 0 Å². The van der Waals surface area contributed by atoms with Crippen LogP contribution in [0.2, 0.25) is 0 Å². The number of ether oxygens (including phenoxy) is 1. The van der Waals surface area contributed by atoms with Crippen molar-refractivity contribution in [1.29, 1.82) is 0 Å². The average molecular weight is 194 g/mol. The zero-order valence-corrected chi connectivity index (χ0v) is 9.08. The van der Waals surface area contributed by atoms with E-state index >= 15 is 0 Å². The molecule has 3 nitrogen and oxygen atoms in total. The Morgan fingerprint density at radius 2 is 2.21 bits per heavy atom. The van der Waals surface area contributed by atoms with Crippen molar-refractivity contribution >= 4 is 0 Å². The lowest BCUT2D eigenvalue weighted by Gasteiger charge is -2.16. The molecule has 78 valence electrons. The number of hydrogen-bond acceptors (Lipinski definition) is 3. The molecule has 14 heavy (non-hydrogen) atoms. The highest BCUT2D eigenvalue weighted by atomic mass is 16.5. The average Bonchev–Trinajstić information content (AvgIpc) is 2.18. The predicted molar refractivity (Wildman–Crippen MR) is 58.4 cm³/mol. The zero-order valence-electron chi connectivity index (χ0n) is 9.08. The van der Waals surface area contributed by atoms with E-state index in [0.29, 0.717) is 0 Å². The van der Waals surface area contributed by atoms with Crippen LogP contribution in [0.25, 0.3) is 0 Å². The molecule has 1 aromatic carbocycles. The highest BCUT2D eigenvalue weighted by molar-refractivity contribution is 5.28. The molecule has 0 bridgehead atoms. The lowest BCUT2D eigenvalue weighted by Crippen LogP contribution is -2.27. The third-order valence-electron chi connectivity index (χ3n) is 2.01. The first-order valence-corrected chi connectivity index (χ1v) is 4.72. The van der Waals surface area contributed by atoms with Crippen LogP contribution in [0.15, 0.2) is 24.3 Å². The molecule has 0 aliphatic carbocycles. The first-order valence-electron chi connectivity index (χ1n) is 4.72. The summed E-state index contributed by atoms with van der Waals surface area (Å²) in [5.41, 5.74) is 1.27. The molecule has 0 fully saturated rings. The molecule has 0 aliphatic heterocycles. The fraction of sp³-hybridized carbons (Fsp3) is 0.455. The summed E-state index contributed by atoms with van der Waals surface area (Å²) in [7, 11) is 5.72. The summed E-state index contributed by atoms with van der Waals surface area (Å²) >= 11 is 0. The molecule has 0 aliphatic rings. The minimum atomic E-state index is 0.886. The Hall–Kier alpha value is -1.06. The van der Waals surface area contributed by atoms with Gasteiger partial charge in [0.25, 0.3) is 0 Å². The Balaban J connectivity index is 2.57. The molecular weight excluding hydrogens is 176 g/mol. The van der Waals surface area contributed by atoms with Gasteiger partial charge in [-0.2, -0.15) is 0 Å². The first kappa shape index (κ1) is 11.0. The lowest BCUT2D eigenvalue weighted by atomic mass is 10.2.